The van der Waals surface area contributed by atoms with Crippen molar-refractivity contribution in [3.8, 4) is 0 Å². The molecule has 0 bridgehead atoms. The summed E-state index contributed by atoms with van der Waals surface area (Å²) in [6.07, 6.45) is 5.25. The quantitative estimate of drug-likeness (QED) is 0.720. The first-order chi connectivity index (χ1) is 10.1. The van der Waals surface area contributed by atoms with Gasteiger partial charge in [0.2, 0.25) is 0 Å². The van der Waals surface area contributed by atoms with E-state index >= 15 is 0 Å². The number of nitrogens with zero attached hydrogens (tertiary/aromatic N) is 1. The second-order valence-electron chi connectivity index (χ2n) is 6.32. The number of likely N-dealkylation sites (N-methyl/N-ethyl adjacent to an activating group) is 2. The van der Waals surface area contributed by atoms with Gasteiger partial charge in [-0.3, -0.25) is 4.79 Å². The summed E-state index contributed by atoms with van der Waals surface area (Å²) >= 11 is 0. The normalized spacial score (nSPS) is 32.8. The van der Waals surface area contributed by atoms with Gasteiger partial charge in [-0.05, 0) is 59.2 Å². The minimum atomic E-state index is -0.469. The molecule has 1 aliphatic carbocycles. The highest BCUT2D eigenvalue weighted by Crippen LogP contribution is 2.39. The van der Waals surface area contributed by atoms with Crippen LogP contribution in [0.2, 0.25) is 0 Å². The Balaban J connectivity index is 1.92. The summed E-state index contributed by atoms with van der Waals surface area (Å²) < 4.78 is 10.8. The monoisotopic (exact) mass is 298 g/mol. The summed E-state index contributed by atoms with van der Waals surface area (Å²) in [5.41, 5.74) is -0.469. The van der Waals surface area contributed by atoms with E-state index in [-0.39, 0.29) is 5.97 Å². The fourth-order valence-corrected chi connectivity index (χ4v) is 3.84. The molecule has 21 heavy (non-hydrogen) atoms. The molecular weight excluding hydrogens is 268 g/mol. The minimum absolute atomic E-state index is 0.0677. The van der Waals surface area contributed by atoms with Crippen molar-refractivity contribution in [3.05, 3.63) is 0 Å². The molecule has 2 rings (SSSR count). The van der Waals surface area contributed by atoms with Crippen LogP contribution in [-0.2, 0) is 14.3 Å². The Morgan fingerprint density at radius 1 is 1.48 bits per heavy atom. The lowest BCUT2D eigenvalue weighted by Crippen LogP contribution is -2.54. The molecule has 1 saturated carbocycles. The number of carbonyl (C=O) groups is 1. The standard InChI is InChI=1S/C16H30N2O3/c1-4-21-15(19)16(17-2)9-5-6-13(16)7-10-18(3)14-8-11-20-12-14/h13-14,17H,4-12H2,1-3H3. The zero-order valence-electron chi connectivity index (χ0n) is 13.7. The van der Waals surface area contributed by atoms with E-state index < -0.39 is 5.54 Å². The van der Waals surface area contributed by atoms with Crippen molar-refractivity contribution in [2.45, 2.75) is 50.6 Å². The molecule has 3 atom stereocenters. The molecule has 1 saturated heterocycles. The van der Waals surface area contributed by atoms with Crippen molar-refractivity contribution < 1.29 is 14.3 Å². The molecule has 5 nitrogen and oxygen atoms in total. The lowest BCUT2D eigenvalue weighted by molar-refractivity contribution is -0.153. The van der Waals surface area contributed by atoms with Crippen LogP contribution in [0.4, 0.5) is 0 Å². The van der Waals surface area contributed by atoms with E-state index in [0.717, 1.165) is 51.9 Å². The van der Waals surface area contributed by atoms with Crippen LogP contribution < -0.4 is 5.32 Å². The van der Waals surface area contributed by atoms with Gasteiger partial charge in [0.05, 0.1) is 13.2 Å². The molecule has 3 unspecified atom stereocenters. The van der Waals surface area contributed by atoms with Crippen molar-refractivity contribution in [3.63, 3.8) is 0 Å². The minimum Gasteiger partial charge on any atom is -0.465 e. The summed E-state index contributed by atoms with van der Waals surface area (Å²) in [6, 6.07) is 0.540. The summed E-state index contributed by atoms with van der Waals surface area (Å²) in [6.45, 7) is 5.06. The van der Waals surface area contributed by atoms with Crippen LogP contribution in [0.25, 0.3) is 0 Å². The highest BCUT2D eigenvalue weighted by molar-refractivity contribution is 5.81. The zero-order valence-corrected chi connectivity index (χ0v) is 13.7. The van der Waals surface area contributed by atoms with Gasteiger partial charge in [0.1, 0.15) is 5.54 Å². The van der Waals surface area contributed by atoms with Crippen molar-refractivity contribution in [1.82, 2.24) is 10.2 Å². The van der Waals surface area contributed by atoms with Crippen LogP contribution in [0.1, 0.15) is 39.0 Å². The Morgan fingerprint density at radius 3 is 2.90 bits per heavy atom. The van der Waals surface area contributed by atoms with Crippen molar-refractivity contribution in [2.24, 2.45) is 5.92 Å². The Labute approximate surface area is 128 Å². The molecule has 0 aromatic carbocycles. The first-order valence-electron chi connectivity index (χ1n) is 8.28. The molecule has 0 radical (unpaired) electrons. The van der Waals surface area contributed by atoms with Gasteiger partial charge in [-0.15, -0.1) is 0 Å². The SMILES string of the molecule is CCOC(=O)C1(NC)CCCC1CCN(C)C1CCOC1. The molecule has 1 heterocycles. The van der Waals surface area contributed by atoms with E-state index in [1.807, 2.05) is 14.0 Å². The third-order valence-electron chi connectivity index (χ3n) is 5.27. The molecule has 2 aliphatic rings. The number of hydrogen-bond donors (Lipinski definition) is 1. The predicted octanol–water partition coefficient (Wildman–Crippen LogP) is 1.42. The Morgan fingerprint density at radius 2 is 2.29 bits per heavy atom. The van der Waals surface area contributed by atoms with Gasteiger partial charge in [0.25, 0.3) is 0 Å². The smallest absolute Gasteiger partial charge is 0.326 e. The molecule has 0 spiro atoms. The number of hydrogen-bond acceptors (Lipinski definition) is 5. The number of carbonyl (C=O) groups excluding carboxylic acids is 1. The molecule has 1 N–H and O–H groups in total. The summed E-state index contributed by atoms with van der Waals surface area (Å²) in [5.74, 6) is 0.299. The Kier molecular flexibility index (Phi) is 6.02. The Bertz CT molecular complexity index is 344. The van der Waals surface area contributed by atoms with Crippen LogP contribution in [0, 0.1) is 5.92 Å². The van der Waals surface area contributed by atoms with E-state index in [1.54, 1.807) is 0 Å². The van der Waals surface area contributed by atoms with Crippen LogP contribution in [0.3, 0.4) is 0 Å². The predicted molar refractivity (Wildman–Crippen MR) is 82.2 cm³/mol. The van der Waals surface area contributed by atoms with Crippen molar-refractivity contribution >= 4 is 5.97 Å². The summed E-state index contributed by atoms with van der Waals surface area (Å²) in [5, 5.41) is 3.29. The number of ether oxygens (including phenoxy) is 2. The van der Waals surface area contributed by atoms with Gasteiger partial charge in [-0.2, -0.15) is 0 Å². The first-order valence-corrected chi connectivity index (χ1v) is 8.28. The number of nitrogens with one attached hydrogen (secondary N) is 1. The average molecular weight is 298 g/mol. The zero-order chi connectivity index (χ0) is 15.3. The maximum absolute atomic E-state index is 12.4. The first kappa shape index (κ1) is 16.7. The van der Waals surface area contributed by atoms with Crippen LogP contribution in [0.5, 0.6) is 0 Å². The van der Waals surface area contributed by atoms with Crippen molar-refractivity contribution in [2.75, 3.05) is 40.5 Å². The maximum Gasteiger partial charge on any atom is 0.326 e. The molecule has 0 amide bonds. The van der Waals surface area contributed by atoms with Gasteiger partial charge < -0.3 is 19.7 Å². The van der Waals surface area contributed by atoms with Gasteiger partial charge in [-0.25, -0.2) is 0 Å². The highest BCUT2D eigenvalue weighted by atomic mass is 16.5. The van der Waals surface area contributed by atoms with E-state index in [4.69, 9.17) is 9.47 Å². The fourth-order valence-electron chi connectivity index (χ4n) is 3.84. The largest absolute Gasteiger partial charge is 0.465 e. The maximum atomic E-state index is 12.4. The topological polar surface area (TPSA) is 50.8 Å². The third kappa shape index (κ3) is 3.58. The van der Waals surface area contributed by atoms with Crippen molar-refractivity contribution in [1.29, 1.82) is 0 Å². The van der Waals surface area contributed by atoms with Gasteiger partial charge in [0.15, 0.2) is 0 Å². The van der Waals surface area contributed by atoms with E-state index in [2.05, 4.69) is 17.3 Å². The van der Waals surface area contributed by atoms with E-state index in [0.29, 0.717) is 18.6 Å². The van der Waals surface area contributed by atoms with Crippen LogP contribution >= 0.6 is 0 Å². The van der Waals surface area contributed by atoms with Gasteiger partial charge in [-0.1, -0.05) is 6.42 Å². The Hall–Kier alpha value is -0.650. The molecular formula is C16H30N2O3. The van der Waals surface area contributed by atoms with Crippen LogP contribution in [-0.4, -0.2) is 62.9 Å². The highest BCUT2D eigenvalue weighted by Gasteiger charge is 2.48. The van der Waals surface area contributed by atoms with E-state index in [1.165, 1.54) is 0 Å². The molecule has 0 aromatic heterocycles. The summed E-state index contributed by atoms with van der Waals surface area (Å²) in [4.78, 5) is 14.8. The molecule has 2 fully saturated rings. The molecule has 122 valence electrons. The fraction of sp³-hybridized carbons (Fsp3) is 0.938. The second-order valence-corrected chi connectivity index (χ2v) is 6.32. The van der Waals surface area contributed by atoms with E-state index in [9.17, 15) is 4.79 Å². The lowest BCUT2D eigenvalue weighted by atomic mass is 9.84. The van der Waals surface area contributed by atoms with Crippen LogP contribution in [0.15, 0.2) is 0 Å². The number of esters is 1. The van der Waals surface area contributed by atoms with Gasteiger partial charge >= 0.3 is 5.97 Å². The molecule has 0 aromatic rings. The average Bonchev–Trinajstić information content (AvgIpc) is 3.14. The van der Waals surface area contributed by atoms with Gasteiger partial charge in [0, 0.05) is 12.6 Å². The molecule has 1 aliphatic heterocycles. The second kappa shape index (κ2) is 7.56. The summed E-state index contributed by atoms with van der Waals surface area (Å²) in [7, 11) is 4.06. The molecule has 5 heteroatoms. The number of rotatable bonds is 7. The lowest BCUT2D eigenvalue weighted by Gasteiger charge is -2.34. The third-order valence-corrected chi connectivity index (χ3v) is 5.27.